The molecule has 160 valence electrons. The smallest absolute Gasteiger partial charge is 0.410 e. The summed E-state index contributed by atoms with van der Waals surface area (Å²) in [4.78, 5) is 17.2. The first-order valence-electron chi connectivity index (χ1n) is 10.8. The lowest BCUT2D eigenvalue weighted by Gasteiger charge is -2.29. The lowest BCUT2D eigenvalue weighted by molar-refractivity contribution is 0.123. The Balaban J connectivity index is 1.46. The first-order valence-corrected chi connectivity index (χ1v) is 11.6. The van der Waals surface area contributed by atoms with E-state index in [0.29, 0.717) is 13.0 Å². The number of rotatable bonds is 7. The van der Waals surface area contributed by atoms with Gasteiger partial charge in [0, 0.05) is 37.1 Å². The van der Waals surface area contributed by atoms with Crippen molar-refractivity contribution in [1.29, 1.82) is 0 Å². The van der Waals surface area contributed by atoms with Crippen molar-refractivity contribution in [2.24, 2.45) is 0 Å². The Morgan fingerprint density at radius 3 is 2.67 bits per heavy atom. The largest absolute Gasteiger partial charge is 0.444 e. The van der Waals surface area contributed by atoms with Crippen LogP contribution in [-0.2, 0) is 15.9 Å². The SMILES string of the molecule is O=C1OC(Cc2ccccc2Br)CN1C(CCN1CCCOCC1)c1ccccc1. The van der Waals surface area contributed by atoms with Crippen LogP contribution in [0.1, 0.15) is 30.0 Å². The second kappa shape index (κ2) is 10.4. The number of benzene rings is 2. The highest BCUT2D eigenvalue weighted by molar-refractivity contribution is 9.10. The second-order valence-corrected chi connectivity index (χ2v) is 8.83. The molecule has 2 saturated heterocycles. The summed E-state index contributed by atoms with van der Waals surface area (Å²) in [5.74, 6) is 0. The van der Waals surface area contributed by atoms with Crippen LogP contribution in [0.25, 0.3) is 0 Å². The maximum Gasteiger partial charge on any atom is 0.410 e. The summed E-state index contributed by atoms with van der Waals surface area (Å²) in [7, 11) is 0. The Hall–Kier alpha value is -1.89. The molecule has 0 bridgehead atoms. The standard InChI is InChI=1S/C24H29BrN2O3/c25-22-10-5-4-9-20(22)17-21-18-27(24(28)30-21)23(19-7-2-1-3-8-19)11-13-26-12-6-15-29-16-14-26/h1-5,7-10,21,23H,6,11-18H2. The third-order valence-corrected chi connectivity index (χ3v) is 6.68. The second-order valence-electron chi connectivity index (χ2n) is 7.98. The van der Waals surface area contributed by atoms with Crippen LogP contribution in [0.15, 0.2) is 59.1 Å². The molecule has 0 saturated carbocycles. The summed E-state index contributed by atoms with van der Waals surface area (Å²) >= 11 is 3.60. The summed E-state index contributed by atoms with van der Waals surface area (Å²) in [6.07, 6.45) is 2.33. The van der Waals surface area contributed by atoms with Crippen LogP contribution in [-0.4, -0.2) is 61.4 Å². The van der Waals surface area contributed by atoms with Crippen molar-refractivity contribution in [2.45, 2.75) is 31.4 Å². The predicted molar refractivity (Wildman–Crippen MR) is 120 cm³/mol. The van der Waals surface area contributed by atoms with Crippen LogP contribution in [0.3, 0.4) is 0 Å². The number of amides is 1. The molecule has 0 N–H and O–H groups in total. The molecule has 5 nitrogen and oxygen atoms in total. The van der Waals surface area contributed by atoms with E-state index >= 15 is 0 Å². The van der Waals surface area contributed by atoms with E-state index in [0.717, 1.165) is 55.7 Å². The maximum atomic E-state index is 12.8. The van der Waals surface area contributed by atoms with Gasteiger partial charge < -0.3 is 14.4 Å². The zero-order valence-electron chi connectivity index (χ0n) is 17.2. The van der Waals surface area contributed by atoms with Gasteiger partial charge in [-0.25, -0.2) is 4.79 Å². The number of nitrogens with zero attached hydrogens (tertiary/aromatic N) is 2. The first kappa shape index (κ1) is 21.3. The van der Waals surface area contributed by atoms with Crippen LogP contribution in [0.4, 0.5) is 4.79 Å². The zero-order valence-corrected chi connectivity index (χ0v) is 18.8. The van der Waals surface area contributed by atoms with Gasteiger partial charge in [0.2, 0.25) is 0 Å². The number of carbonyl (C=O) groups is 1. The van der Waals surface area contributed by atoms with E-state index in [-0.39, 0.29) is 18.2 Å². The fourth-order valence-corrected chi connectivity index (χ4v) is 4.76. The molecule has 1 amide bonds. The highest BCUT2D eigenvalue weighted by Gasteiger charge is 2.37. The van der Waals surface area contributed by atoms with Crippen LogP contribution < -0.4 is 0 Å². The fourth-order valence-electron chi connectivity index (χ4n) is 4.32. The summed E-state index contributed by atoms with van der Waals surface area (Å²) in [6.45, 7) is 5.20. The number of cyclic esters (lactones) is 1. The molecular weight excluding hydrogens is 444 g/mol. The molecule has 6 heteroatoms. The lowest BCUT2D eigenvalue weighted by Crippen LogP contribution is -2.35. The van der Waals surface area contributed by atoms with Crippen LogP contribution in [0, 0.1) is 0 Å². The van der Waals surface area contributed by atoms with Crippen LogP contribution >= 0.6 is 15.9 Å². The van der Waals surface area contributed by atoms with Gasteiger partial charge in [-0.3, -0.25) is 4.90 Å². The average molecular weight is 473 g/mol. The number of carbonyl (C=O) groups excluding carboxylic acids is 1. The summed E-state index contributed by atoms with van der Waals surface area (Å²) in [5.41, 5.74) is 2.33. The third kappa shape index (κ3) is 5.42. The van der Waals surface area contributed by atoms with Crippen molar-refractivity contribution in [3.63, 3.8) is 0 Å². The Morgan fingerprint density at radius 2 is 1.83 bits per heavy atom. The molecule has 0 aliphatic carbocycles. The van der Waals surface area contributed by atoms with Gasteiger partial charge in [-0.05, 0) is 30.0 Å². The number of ether oxygens (including phenoxy) is 2. The lowest BCUT2D eigenvalue weighted by atomic mass is 10.0. The van der Waals surface area contributed by atoms with Crippen molar-refractivity contribution in [3.05, 3.63) is 70.2 Å². The Kier molecular flexibility index (Phi) is 7.42. The molecule has 0 spiro atoms. The average Bonchev–Trinajstić information content (AvgIpc) is 2.95. The first-order chi connectivity index (χ1) is 14.7. The van der Waals surface area contributed by atoms with Crippen molar-refractivity contribution in [2.75, 3.05) is 39.4 Å². The van der Waals surface area contributed by atoms with Crippen molar-refractivity contribution >= 4 is 22.0 Å². The van der Waals surface area contributed by atoms with E-state index in [1.165, 1.54) is 5.56 Å². The van der Waals surface area contributed by atoms with Crippen molar-refractivity contribution < 1.29 is 14.3 Å². The van der Waals surface area contributed by atoms with E-state index in [9.17, 15) is 4.79 Å². The Morgan fingerprint density at radius 1 is 1.03 bits per heavy atom. The van der Waals surface area contributed by atoms with Gasteiger partial charge in [-0.2, -0.15) is 0 Å². The quantitative estimate of drug-likeness (QED) is 0.587. The van der Waals surface area contributed by atoms with Crippen molar-refractivity contribution in [1.82, 2.24) is 9.80 Å². The predicted octanol–water partition coefficient (Wildman–Crippen LogP) is 4.67. The van der Waals surface area contributed by atoms with Gasteiger partial charge in [0.25, 0.3) is 0 Å². The minimum absolute atomic E-state index is 0.0204. The van der Waals surface area contributed by atoms with Gasteiger partial charge in [-0.15, -0.1) is 0 Å². The Bertz CT molecular complexity index is 824. The van der Waals surface area contributed by atoms with E-state index in [1.54, 1.807) is 0 Å². The van der Waals surface area contributed by atoms with Gasteiger partial charge >= 0.3 is 6.09 Å². The molecule has 2 aromatic rings. The van der Waals surface area contributed by atoms with Gasteiger partial charge in [0.1, 0.15) is 6.10 Å². The number of halogens is 1. The van der Waals surface area contributed by atoms with Crippen molar-refractivity contribution in [3.8, 4) is 0 Å². The van der Waals surface area contributed by atoms with E-state index in [2.05, 4.69) is 39.0 Å². The van der Waals surface area contributed by atoms with E-state index in [4.69, 9.17) is 9.47 Å². The molecule has 30 heavy (non-hydrogen) atoms. The summed E-state index contributed by atoms with van der Waals surface area (Å²) < 4.78 is 12.4. The van der Waals surface area contributed by atoms with Crippen LogP contribution in [0.2, 0.25) is 0 Å². The zero-order chi connectivity index (χ0) is 20.8. The summed E-state index contributed by atoms with van der Waals surface area (Å²) in [5, 5.41) is 0. The molecule has 2 aromatic carbocycles. The molecule has 2 unspecified atom stereocenters. The molecule has 4 rings (SSSR count). The topological polar surface area (TPSA) is 42.0 Å². The van der Waals surface area contributed by atoms with Gasteiger partial charge in [0.15, 0.2) is 0 Å². The number of hydrogen-bond donors (Lipinski definition) is 0. The molecule has 2 atom stereocenters. The molecule has 0 aromatic heterocycles. The minimum Gasteiger partial charge on any atom is -0.444 e. The molecule has 2 aliphatic heterocycles. The molecule has 2 aliphatic rings. The number of hydrogen-bond acceptors (Lipinski definition) is 4. The molecule has 2 heterocycles. The fraction of sp³-hybridized carbons (Fsp3) is 0.458. The van der Waals surface area contributed by atoms with Crippen LogP contribution in [0.5, 0.6) is 0 Å². The van der Waals surface area contributed by atoms with E-state index in [1.807, 2.05) is 41.3 Å². The molecule has 0 radical (unpaired) electrons. The van der Waals surface area contributed by atoms with Gasteiger partial charge in [0.05, 0.1) is 19.2 Å². The highest BCUT2D eigenvalue weighted by atomic mass is 79.9. The molecule has 2 fully saturated rings. The summed E-state index contributed by atoms with van der Waals surface area (Å²) in [6, 6.07) is 18.5. The Labute approximate surface area is 187 Å². The van der Waals surface area contributed by atoms with Gasteiger partial charge in [-0.1, -0.05) is 64.5 Å². The monoisotopic (exact) mass is 472 g/mol. The maximum absolute atomic E-state index is 12.8. The highest BCUT2D eigenvalue weighted by Crippen LogP contribution is 2.31. The molecular formula is C24H29BrN2O3. The third-order valence-electron chi connectivity index (χ3n) is 5.90. The van der Waals surface area contributed by atoms with E-state index < -0.39 is 0 Å². The normalized spacial score (nSPS) is 21.3. The minimum atomic E-state index is -0.208.